The molecule has 0 radical (unpaired) electrons. The van der Waals surface area contributed by atoms with E-state index in [1.54, 1.807) is 24.3 Å². The topological polar surface area (TPSA) is 47.0 Å². The summed E-state index contributed by atoms with van der Waals surface area (Å²) < 4.78 is 41.7. The van der Waals surface area contributed by atoms with E-state index in [0.29, 0.717) is 16.6 Å². The average Bonchev–Trinajstić information content (AvgIpc) is 2.47. The lowest BCUT2D eigenvalue weighted by Gasteiger charge is -2.11. The first kappa shape index (κ1) is 15.3. The highest BCUT2D eigenvalue weighted by Gasteiger charge is 2.31. The van der Waals surface area contributed by atoms with Gasteiger partial charge in [-0.05, 0) is 48.6 Å². The van der Waals surface area contributed by atoms with Crippen LogP contribution in [0.3, 0.4) is 0 Å². The molecule has 3 aromatic rings. The Morgan fingerprint density at radius 1 is 1.04 bits per heavy atom. The molecule has 0 atom stereocenters. The van der Waals surface area contributed by atoms with Gasteiger partial charge in [0.2, 0.25) is 0 Å². The number of benzene rings is 2. The number of halogens is 3. The third kappa shape index (κ3) is 3.11. The van der Waals surface area contributed by atoms with Gasteiger partial charge in [-0.1, -0.05) is 12.1 Å². The molecule has 0 aliphatic carbocycles. The fraction of sp³-hybridized carbons (Fsp3) is 0.0667. The molecule has 0 bridgehead atoms. The molecular formula is C15H9F3N2O2S. The minimum Gasteiger partial charge on any atom is -0.406 e. The van der Waals surface area contributed by atoms with Crippen LogP contribution in [0.2, 0.25) is 0 Å². The molecule has 0 fully saturated rings. The Labute approximate surface area is 132 Å². The van der Waals surface area contributed by atoms with Gasteiger partial charge < -0.3 is 9.72 Å². The molecule has 8 heteroatoms. The van der Waals surface area contributed by atoms with Crippen molar-refractivity contribution in [2.45, 2.75) is 6.36 Å². The van der Waals surface area contributed by atoms with Crippen LogP contribution >= 0.6 is 12.2 Å². The molecule has 1 N–H and O–H groups in total. The highest BCUT2D eigenvalue weighted by atomic mass is 32.1. The molecule has 1 aromatic heterocycles. The molecule has 0 saturated heterocycles. The van der Waals surface area contributed by atoms with Crippen molar-refractivity contribution >= 4 is 23.1 Å². The van der Waals surface area contributed by atoms with Gasteiger partial charge in [0.25, 0.3) is 5.56 Å². The standard InChI is InChI=1S/C15H9F3N2O2S/c16-15(17,18)22-10-7-5-9(6-8-10)20-13(21)11-3-1-2-4-12(11)19-14(20)23/h1-8H,(H,19,23). The van der Waals surface area contributed by atoms with Gasteiger partial charge >= 0.3 is 6.36 Å². The minimum atomic E-state index is -4.77. The van der Waals surface area contributed by atoms with Gasteiger partial charge in [-0.25, -0.2) is 0 Å². The van der Waals surface area contributed by atoms with Crippen LogP contribution in [-0.2, 0) is 0 Å². The van der Waals surface area contributed by atoms with E-state index in [1.165, 1.54) is 16.7 Å². The molecule has 2 aromatic carbocycles. The average molecular weight is 338 g/mol. The number of aromatic amines is 1. The minimum absolute atomic E-state index is 0.151. The van der Waals surface area contributed by atoms with Crippen molar-refractivity contribution in [3.8, 4) is 11.4 Å². The van der Waals surface area contributed by atoms with Crippen LogP contribution in [0, 0.1) is 4.77 Å². The molecule has 1 heterocycles. The number of ether oxygens (including phenoxy) is 1. The van der Waals surface area contributed by atoms with Crippen LogP contribution in [0.25, 0.3) is 16.6 Å². The third-order valence-electron chi connectivity index (χ3n) is 3.13. The number of hydrogen-bond acceptors (Lipinski definition) is 3. The van der Waals surface area contributed by atoms with E-state index < -0.39 is 6.36 Å². The van der Waals surface area contributed by atoms with Crippen molar-refractivity contribution in [1.29, 1.82) is 0 Å². The Balaban J connectivity index is 2.10. The number of H-pyrrole nitrogens is 1. The summed E-state index contributed by atoms with van der Waals surface area (Å²) in [6, 6.07) is 11.8. The summed E-state index contributed by atoms with van der Waals surface area (Å²) in [4.78, 5) is 15.4. The van der Waals surface area contributed by atoms with Crippen molar-refractivity contribution in [3.63, 3.8) is 0 Å². The fourth-order valence-electron chi connectivity index (χ4n) is 2.19. The fourth-order valence-corrected chi connectivity index (χ4v) is 2.49. The molecule has 23 heavy (non-hydrogen) atoms. The Morgan fingerprint density at radius 2 is 1.70 bits per heavy atom. The van der Waals surface area contributed by atoms with Crippen LogP contribution < -0.4 is 10.3 Å². The molecule has 0 amide bonds. The van der Waals surface area contributed by atoms with Gasteiger partial charge in [-0.15, -0.1) is 13.2 Å². The first-order valence-electron chi connectivity index (χ1n) is 6.45. The molecule has 3 rings (SSSR count). The van der Waals surface area contributed by atoms with Gasteiger partial charge in [-0.3, -0.25) is 9.36 Å². The quantitative estimate of drug-likeness (QED) is 0.720. The molecule has 0 saturated carbocycles. The molecule has 118 valence electrons. The molecule has 0 unspecified atom stereocenters. The molecule has 0 spiro atoms. The maximum absolute atomic E-state index is 12.5. The number of rotatable bonds is 2. The summed E-state index contributed by atoms with van der Waals surface area (Å²) in [6.45, 7) is 0. The highest BCUT2D eigenvalue weighted by Crippen LogP contribution is 2.23. The molecular weight excluding hydrogens is 329 g/mol. The Morgan fingerprint density at radius 3 is 2.35 bits per heavy atom. The van der Waals surface area contributed by atoms with E-state index in [4.69, 9.17) is 12.2 Å². The summed E-state index contributed by atoms with van der Waals surface area (Å²) in [5.41, 5.74) is 0.584. The SMILES string of the molecule is O=c1c2ccccc2[nH]c(=S)n1-c1ccc(OC(F)(F)F)cc1. The van der Waals surface area contributed by atoms with Gasteiger partial charge in [0, 0.05) is 0 Å². The first-order chi connectivity index (χ1) is 10.8. The van der Waals surface area contributed by atoms with Crippen LogP contribution in [-0.4, -0.2) is 15.9 Å². The van der Waals surface area contributed by atoms with E-state index in [0.717, 1.165) is 12.1 Å². The van der Waals surface area contributed by atoms with E-state index in [9.17, 15) is 18.0 Å². The lowest BCUT2D eigenvalue weighted by atomic mass is 10.2. The second-order valence-electron chi connectivity index (χ2n) is 4.66. The highest BCUT2D eigenvalue weighted by molar-refractivity contribution is 7.71. The first-order valence-corrected chi connectivity index (χ1v) is 6.86. The normalized spacial score (nSPS) is 11.6. The van der Waals surface area contributed by atoms with Crippen molar-refractivity contribution in [3.05, 3.63) is 63.7 Å². The Hall–Kier alpha value is -2.61. The number of nitrogens with one attached hydrogen (secondary N) is 1. The molecule has 4 nitrogen and oxygen atoms in total. The van der Waals surface area contributed by atoms with Gasteiger partial charge in [-0.2, -0.15) is 0 Å². The lowest BCUT2D eigenvalue weighted by Crippen LogP contribution is -2.20. The van der Waals surface area contributed by atoms with E-state index >= 15 is 0 Å². The van der Waals surface area contributed by atoms with Crippen LogP contribution in [0.15, 0.2) is 53.3 Å². The number of hydrogen-bond donors (Lipinski definition) is 1. The monoisotopic (exact) mass is 338 g/mol. The summed E-state index contributed by atoms with van der Waals surface area (Å²) >= 11 is 5.17. The zero-order valence-corrected chi connectivity index (χ0v) is 12.2. The molecule has 0 aliphatic heterocycles. The van der Waals surface area contributed by atoms with Gasteiger partial charge in [0.1, 0.15) is 5.75 Å². The van der Waals surface area contributed by atoms with E-state index in [-0.39, 0.29) is 16.1 Å². The van der Waals surface area contributed by atoms with Crippen molar-refractivity contribution in [2.75, 3.05) is 0 Å². The Kier molecular flexibility index (Phi) is 3.69. The summed E-state index contributed by atoms with van der Waals surface area (Å²) in [5, 5.41) is 0.428. The number of fused-ring (bicyclic) bond motifs is 1. The third-order valence-corrected chi connectivity index (χ3v) is 3.42. The van der Waals surface area contributed by atoms with Gasteiger partial charge in [0.15, 0.2) is 4.77 Å². The van der Waals surface area contributed by atoms with Crippen molar-refractivity contribution in [2.24, 2.45) is 0 Å². The number of aromatic nitrogens is 2. The number of alkyl halides is 3. The summed E-state index contributed by atoms with van der Waals surface area (Å²) in [7, 11) is 0. The predicted octanol–water partition coefficient (Wildman–Crippen LogP) is 3.95. The van der Waals surface area contributed by atoms with Gasteiger partial charge in [0.05, 0.1) is 16.6 Å². The van der Waals surface area contributed by atoms with Crippen LogP contribution in [0.4, 0.5) is 13.2 Å². The van der Waals surface area contributed by atoms with Crippen molar-refractivity contribution < 1.29 is 17.9 Å². The smallest absolute Gasteiger partial charge is 0.406 e. The second kappa shape index (κ2) is 5.54. The number of nitrogens with zero attached hydrogens (tertiary/aromatic N) is 1. The Bertz CT molecular complexity index is 975. The van der Waals surface area contributed by atoms with E-state index in [2.05, 4.69) is 9.72 Å². The maximum atomic E-state index is 12.5. The van der Waals surface area contributed by atoms with Crippen molar-refractivity contribution in [1.82, 2.24) is 9.55 Å². The largest absolute Gasteiger partial charge is 0.573 e. The second-order valence-corrected chi connectivity index (χ2v) is 5.04. The molecule has 0 aliphatic rings. The zero-order valence-electron chi connectivity index (χ0n) is 11.4. The predicted molar refractivity (Wildman–Crippen MR) is 81.4 cm³/mol. The summed E-state index contributed by atoms with van der Waals surface area (Å²) in [5.74, 6) is -0.370. The van der Waals surface area contributed by atoms with Crippen LogP contribution in [0.5, 0.6) is 5.75 Å². The number of para-hydroxylation sites is 1. The maximum Gasteiger partial charge on any atom is 0.573 e. The van der Waals surface area contributed by atoms with Crippen LogP contribution in [0.1, 0.15) is 0 Å². The summed E-state index contributed by atoms with van der Waals surface area (Å²) in [6.07, 6.45) is -4.77. The zero-order chi connectivity index (χ0) is 16.6. The lowest BCUT2D eigenvalue weighted by molar-refractivity contribution is -0.274. The van der Waals surface area contributed by atoms with E-state index in [1.807, 2.05) is 0 Å².